The lowest BCUT2D eigenvalue weighted by Gasteiger charge is -2.39. The Morgan fingerprint density at radius 3 is 2.48 bits per heavy atom. The number of ether oxygens (including phenoxy) is 1. The van der Waals surface area contributed by atoms with Gasteiger partial charge < -0.3 is 30.4 Å². The van der Waals surface area contributed by atoms with E-state index in [0.29, 0.717) is 58.1 Å². The molecule has 12 nitrogen and oxygen atoms in total. The number of fused-ring (bicyclic) bond motifs is 2. The van der Waals surface area contributed by atoms with E-state index in [2.05, 4.69) is 16.0 Å². The van der Waals surface area contributed by atoms with Gasteiger partial charge in [-0.1, -0.05) is 51.3 Å². The van der Waals surface area contributed by atoms with E-state index < -0.39 is 36.0 Å². The molecular weight excluding hydrogens is 590 g/mol. The standard InChI is InChI=1S/C34H47N5O7/c1-4-21(2)30-34(44)38-17-11-10-15-27(38)33(43)35-24(13-6-5-7-16-28(40)29-20-46-29)31(41)36-25(32(42)37-30)18-22-19-39(45-3)26-14-9-8-12-23(22)26/h8-9,12,14,19,21,24-25,27,29-30H,4-7,10-11,13,15-18,20H2,1-3H3,(H,35,43)(H,36,41)(H,37,42)/t21?,24-,25+,27-,29?,30+/m1/s1. The van der Waals surface area contributed by atoms with Crippen LogP contribution in [0.3, 0.4) is 0 Å². The number of ketones is 1. The number of hydrogen-bond acceptors (Lipinski definition) is 7. The van der Waals surface area contributed by atoms with Crippen LogP contribution in [0, 0.1) is 5.92 Å². The quantitative estimate of drug-likeness (QED) is 0.238. The molecule has 3 aliphatic rings. The average molecular weight is 638 g/mol. The number of nitrogens with one attached hydrogen (secondary N) is 3. The molecule has 4 amide bonds. The van der Waals surface area contributed by atoms with Gasteiger partial charge in [0, 0.05) is 31.0 Å². The first kappa shape index (κ1) is 33.4. The van der Waals surface area contributed by atoms with Gasteiger partial charge in [0.2, 0.25) is 23.6 Å². The second kappa shape index (κ2) is 15.1. The molecular formula is C34H47N5O7. The molecule has 250 valence electrons. The van der Waals surface area contributed by atoms with Crippen molar-refractivity contribution >= 4 is 40.3 Å². The Kier molecular flexibility index (Phi) is 11.0. The number of carbonyl (C=O) groups excluding carboxylic acids is 5. The molecule has 0 saturated carbocycles. The first-order chi connectivity index (χ1) is 22.2. The normalized spacial score (nSPS) is 26.2. The second-order valence-electron chi connectivity index (χ2n) is 12.8. The molecule has 0 bridgehead atoms. The maximum atomic E-state index is 14.1. The SMILES string of the molecule is CCC(C)[C@@H]1NC(=O)[C@H](Cc2cn(OC)c3ccccc23)NC(=O)[C@@H](CCCCCC(=O)C2CO2)NC(=O)[C@H]2CCCCN2C1=O. The van der Waals surface area contributed by atoms with E-state index in [1.54, 1.807) is 22.9 Å². The van der Waals surface area contributed by atoms with Crippen LogP contribution in [0.25, 0.3) is 10.9 Å². The maximum absolute atomic E-state index is 14.1. The molecule has 3 N–H and O–H groups in total. The summed E-state index contributed by atoms with van der Waals surface area (Å²) in [7, 11) is 1.56. The van der Waals surface area contributed by atoms with Gasteiger partial charge >= 0.3 is 0 Å². The summed E-state index contributed by atoms with van der Waals surface area (Å²) in [5.74, 6) is -1.64. The zero-order valence-corrected chi connectivity index (χ0v) is 27.1. The Morgan fingerprint density at radius 2 is 1.74 bits per heavy atom. The number of unbranched alkanes of at least 4 members (excludes halogenated alkanes) is 2. The van der Waals surface area contributed by atoms with Crippen molar-refractivity contribution in [2.45, 2.75) is 108 Å². The van der Waals surface area contributed by atoms with Gasteiger partial charge in [-0.15, -0.1) is 0 Å². The molecule has 1 aromatic heterocycles. The molecule has 2 aromatic rings. The monoisotopic (exact) mass is 637 g/mol. The van der Waals surface area contributed by atoms with Gasteiger partial charge in [-0.3, -0.25) is 24.0 Å². The summed E-state index contributed by atoms with van der Waals surface area (Å²) in [5, 5.41) is 9.74. The van der Waals surface area contributed by atoms with Crippen molar-refractivity contribution in [1.82, 2.24) is 25.6 Å². The van der Waals surface area contributed by atoms with Gasteiger partial charge in [-0.25, -0.2) is 0 Å². The fraction of sp³-hybridized carbons (Fsp3) is 0.618. The van der Waals surface area contributed by atoms with E-state index >= 15 is 0 Å². The number of benzene rings is 1. The van der Waals surface area contributed by atoms with Crippen LogP contribution in [-0.2, 0) is 35.1 Å². The molecule has 0 radical (unpaired) electrons. The minimum Gasteiger partial charge on any atom is -0.417 e. The van der Waals surface area contributed by atoms with Crippen molar-refractivity contribution in [3.63, 3.8) is 0 Å². The highest BCUT2D eigenvalue weighted by atomic mass is 16.6. The van der Waals surface area contributed by atoms with E-state index in [9.17, 15) is 24.0 Å². The molecule has 0 spiro atoms. The number of nitrogens with zero attached hydrogens (tertiary/aromatic N) is 2. The van der Waals surface area contributed by atoms with Crippen molar-refractivity contribution in [1.29, 1.82) is 0 Å². The summed E-state index contributed by atoms with van der Waals surface area (Å²) in [6, 6.07) is 4.15. The van der Waals surface area contributed by atoms with E-state index in [0.717, 1.165) is 29.3 Å². The van der Waals surface area contributed by atoms with Gasteiger partial charge in [0.05, 0.1) is 12.1 Å². The van der Waals surface area contributed by atoms with Crippen LogP contribution in [0.4, 0.5) is 0 Å². The highest BCUT2D eigenvalue weighted by molar-refractivity contribution is 5.98. The first-order valence-electron chi connectivity index (χ1n) is 16.7. The Labute approximate surface area is 269 Å². The topological polar surface area (TPSA) is 151 Å². The molecule has 2 unspecified atom stereocenters. The summed E-state index contributed by atoms with van der Waals surface area (Å²) in [6.07, 6.45) is 7.06. The number of para-hydroxylation sites is 1. The summed E-state index contributed by atoms with van der Waals surface area (Å²) in [5.41, 5.74) is 1.61. The number of piperidine rings is 1. The number of carbonyl (C=O) groups is 5. The van der Waals surface area contributed by atoms with Gasteiger partial charge in [-0.2, -0.15) is 4.73 Å². The fourth-order valence-corrected chi connectivity index (χ4v) is 6.57. The first-order valence-corrected chi connectivity index (χ1v) is 16.7. The molecule has 3 saturated heterocycles. The number of Topliss-reactive ketones (excluding diaryl/α,β-unsaturated/α-hetero) is 1. The summed E-state index contributed by atoms with van der Waals surface area (Å²) in [4.78, 5) is 74.9. The van der Waals surface area contributed by atoms with Crippen LogP contribution < -0.4 is 20.8 Å². The molecule has 4 heterocycles. The minimum absolute atomic E-state index is 0.0958. The highest BCUT2D eigenvalue weighted by Crippen LogP contribution is 2.25. The third kappa shape index (κ3) is 7.71. The molecule has 3 aliphatic heterocycles. The van der Waals surface area contributed by atoms with E-state index in [1.807, 2.05) is 38.1 Å². The van der Waals surface area contributed by atoms with Crippen molar-refractivity contribution in [2.24, 2.45) is 5.92 Å². The molecule has 12 heteroatoms. The Morgan fingerprint density at radius 1 is 1.00 bits per heavy atom. The summed E-state index contributed by atoms with van der Waals surface area (Å²) < 4.78 is 6.68. The van der Waals surface area contributed by atoms with E-state index in [-0.39, 0.29) is 36.0 Å². The lowest BCUT2D eigenvalue weighted by molar-refractivity contribution is -0.147. The number of hydrogen-bond donors (Lipinski definition) is 3. The second-order valence-corrected chi connectivity index (χ2v) is 12.8. The van der Waals surface area contributed by atoms with Crippen molar-refractivity contribution < 1.29 is 33.5 Å². The molecule has 1 aromatic carbocycles. The van der Waals surface area contributed by atoms with Crippen LogP contribution in [0.1, 0.15) is 77.2 Å². The largest absolute Gasteiger partial charge is 0.417 e. The number of amides is 4. The molecule has 46 heavy (non-hydrogen) atoms. The zero-order valence-electron chi connectivity index (χ0n) is 27.1. The number of rotatable bonds is 12. The van der Waals surface area contributed by atoms with E-state index in [4.69, 9.17) is 9.57 Å². The van der Waals surface area contributed by atoms with Crippen LogP contribution in [0.2, 0.25) is 0 Å². The van der Waals surface area contributed by atoms with Crippen molar-refractivity contribution in [3.8, 4) is 0 Å². The van der Waals surface area contributed by atoms with Gasteiger partial charge in [0.15, 0.2) is 5.78 Å². The number of aromatic nitrogens is 1. The number of epoxide rings is 1. The lowest BCUT2D eigenvalue weighted by Crippen LogP contribution is -2.64. The minimum atomic E-state index is -1.02. The Bertz CT molecular complexity index is 1440. The predicted octanol–water partition coefficient (Wildman–Crippen LogP) is 2.06. The zero-order chi connectivity index (χ0) is 32.8. The predicted molar refractivity (Wildman–Crippen MR) is 171 cm³/mol. The summed E-state index contributed by atoms with van der Waals surface area (Å²) >= 11 is 0. The smallest absolute Gasteiger partial charge is 0.246 e. The Hall–Kier alpha value is -3.93. The maximum Gasteiger partial charge on any atom is 0.246 e. The van der Waals surface area contributed by atoms with Crippen LogP contribution in [0.15, 0.2) is 30.5 Å². The fourth-order valence-electron chi connectivity index (χ4n) is 6.57. The van der Waals surface area contributed by atoms with Crippen molar-refractivity contribution in [2.75, 3.05) is 20.3 Å². The Balaban J connectivity index is 1.42. The van der Waals surface area contributed by atoms with Crippen LogP contribution >= 0.6 is 0 Å². The molecule has 3 fully saturated rings. The van der Waals surface area contributed by atoms with E-state index in [1.165, 1.54) is 0 Å². The lowest BCUT2D eigenvalue weighted by atomic mass is 9.93. The average Bonchev–Trinajstić information content (AvgIpc) is 3.87. The van der Waals surface area contributed by atoms with Crippen LogP contribution in [-0.4, -0.2) is 89.6 Å². The summed E-state index contributed by atoms with van der Waals surface area (Å²) in [6.45, 7) is 4.77. The van der Waals surface area contributed by atoms with Gasteiger partial charge in [0.1, 0.15) is 37.4 Å². The molecule has 5 rings (SSSR count). The van der Waals surface area contributed by atoms with Crippen LogP contribution in [0.5, 0.6) is 0 Å². The van der Waals surface area contributed by atoms with Crippen molar-refractivity contribution in [3.05, 3.63) is 36.0 Å². The third-order valence-electron chi connectivity index (χ3n) is 9.62. The van der Waals surface area contributed by atoms with Gasteiger partial charge in [-0.05, 0) is 49.7 Å². The molecule has 0 aliphatic carbocycles. The highest BCUT2D eigenvalue weighted by Gasteiger charge is 2.41. The van der Waals surface area contributed by atoms with Gasteiger partial charge in [0.25, 0.3) is 0 Å². The molecule has 6 atom stereocenters. The third-order valence-corrected chi connectivity index (χ3v) is 9.62.